The number of aryl methyl sites for hydroxylation is 1. The molecule has 37 heavy (non-hydrogen) atoms. The lowest BCUT2D eigenvalue weighted by Gasteiger charge is -2.36. The number of benzene rings is 2. The van der Waals surface area contributed by atoms with Gasteiger partial charge in [-0.2, -0.15) is 0 Å². The lowest BCUT2D eigenvalue weighted by Crippen LogP contribution is -2.45. The standard InChI is InChI=1S/C30H38ClN3O3/c1-21(2)17-34(18-22-15-26(31)29-28(16-22)36-13-6-14-37-29)30(35)24-8-5-11-33(20-24)19-23-7-4-9-27-25(23)10-12-32(27)3/h4,7,9-10,12,15-16,21,24H,5-6,8,11,13-14,17-20H2,1-3H3. The number of rotatable bonds is 7. The first-order chi connectivity index (χ1) is 17.9. The second-order valence-corrected chi connectivity index (χ2v) is 11.3. The van der Waals surface area contributed by atoms with E-state index in [9.17, 15) is 4.79 Å². The van der Waals surface area contributed by atoms with Crippen LogP contribution in [0, 0.1) is 11.8 Å². The molecule has 1 unspecified atom stereocenters. The summed E-state index contributed by atoms with van der Waals surface area (Å²) in [5, 5.41) is 1.84. The Balaban J connectivity index is 1.31. The Kier molecular flexibility index (Phi) is 7.96. The number of carbonyl (C=O) groups excluding carboxylic acids is 1. The first-order valence-electron chi connectivity index (χ1n) is 13.5. The maximum atomic E-state index is 13.9. The maximum Gasteiger partial charge on any atom is 0.227 e. The third kappa shape index (κ3) is 5.91. The van der Waals surface area contributed by atoms with E-state index in [-0.39, 0.29) is 11.8 Å². The molecule has 2 aromatic carbocycles. The van der Waals surface area contributed by atoms with Crippen LogP contribution in [0.15, 0.2) is 42.6 Å². The fourth-order valence-corrected chi connectivity index (χ4v) is 5.96. The normalized spacial score (nSPS) is 18.2. The van der Waals surface area contributed by atoms with Crippen molar-refractivity contribution in [2.45, 2.75) is 46.2 Å². The molecule has 0 radical (unpaired) electrons. The monoisotopic (exact) mass is 523 g/mol. The van der Waals surface area contributed by atoms with Crippen molar-refractivity contribution in [2.75, 3.05) is 32.8 Å². The van der Waals surface area contributed by atoms with E-state index in [2.05, 4.69) is 60.8 Å². The number of nitrogens with zero attached hydrogens (tertiary/aromatic N) is 3. The van der Waals surface area contributed by atoms with Gasteiger partial charge in [0.1, 0.15) is 0 Å². The van der Waals surface area contributed by atoms with Crippen LogP contribution in [-0.2, 0) is 24.9 Å². The predicted molar refractivity (Wildman–Crippen MR) is 148 cm³/mol. The zero-order valence-corrected chi connectivity index (χ0v) is 23.0. The largest absolute Gasteiger partial charge is 0.489 e. The fraction of sp³-hybridized carbons (Fsp3) is 0.500. The molecule has 5 rings (SSSR count). The maximum absolute atomic E-state index is 13.9. The summed E-state index contributed by atoms with van der Waals surface area (Å²) in [4.78, 5) is 18.4. The molecule has 198 valence electrons. The van der Waals surface area contributed by atoms with Crippen LogP contribution in [0.25, 0.3) is 10.9 Å². The molecule has 1 amide bonds. The van der Waals surface area contributed by atoms with E-state index in [0.29, 0.717) is 48.7 Å². The number of likely N-dealkylation sites (tertiary alicyclic amines) is 1. The number of ether oxygens (including phenoxy) is 2. The zero-order valence-electron chi connectivity index (χ0n) is 22.2. The Bertz CT molecular complexity index is 1250. The van der Waals surface area contributed by atoms with Crippen molar-refractivity contribution in [3.05, 3.63) is 58.7 Å². The van der Waals surface area contributed by atoms with Gasteiger partial charge in [0.15, 0.2) is 11.5 Å². The molecule has 2 aliphatic rings. The van der Waals surface area contributed by atoms with Crippen molar-refractivity contribution >= 4 is 28.4 Å². The SMILES string of the molecule is CC(C)CN(Cc1cc(Cl)c2c(c1)OCCCO2)C(=O)C1CCCN(Cc2cccc3c2ccn3C)C1. The topological polar surface area (TPSA) is 46.9 Å². The molecule has 0 N–H and O–H groups in total. The van der Waals surface area contributed by atoms with Gasteiger partial charge < -0.3 is 18.9 Å². The van der Waals surface area contributed by atoms with Gasteiger partial charge in [-0.3, -0.25) is 9.69 Å². The van der Waals surface area contributed by atoms with E-state index < -0.39 is 0 Å². The molecule has 3 heterocycles. The van der Waals surface area contributed by atoms with Gasteiger partial charge in [0, 0.05) is 56.7 Å². The Morgan fingerprint density at radius 1 is 1.16 bits per heavy atom. The Labute approximate surface area is 225 Å². The molecule has 0 saturated carbocycles. The predicted octanol–water partition coefficient (Wildman–Crippen LogP) is 5.89. The number of piperidine rings is 1. The molecule has 0 bridgehead atoms. The van der Waals surface area contributed by atoms with E-state index in [4.69, 9.17) is 21.1 Å². The molecular formula is C30H38ClN3O3. The van der Waals surface area contributed by atoms with E-state index in [1.54, 1.807) is 0 Å². The van der Waals surface area contributed by atoms with Crippen molar-refractivity contribution in [2.24, 2.45) is 18.9 Å². The highest BCUT2D eigenvalue weighted by atomic mass is 35.5. The molecule has 0 spiro atoms. The first kappa shape index (κ1) is 25.9. The molecule has 0 aliphatic carbocycles. The van der Waals surface area contributed by atoms with Crippen LogP contribution in [-0.4, -0.2) is 53.1 Å². The second kappa shape index (κ2) is 11.4. The van der Waals surface area contributed by atoms with Crippen molar-refractivity contribution in [1.82, 2.24) is 14.4 Å². The summed E-state index contributed by atoms with van der Waals surface area (Å²) < 4.78 is 13.8. The third-order valence-corrected chi connectivity index (χ3v) is 7.68. The van der Waals surface area contributed by atoms with Crippen molar-refractivity contribution in [1.29, 1.82) is 0 Å². The molecule has 1 atom stereocenters. The highest BCUT2D eigenvalue weighted by molar-refractivity contribution is 6.32. The molecule has 6 nitrogen and oxygen atoms in total. The summed E-state index contributed by atoms with van der Waals surface area (Å²) in [5.74, 6) is 1.89. The number of aromatic nitrogens is 1. The first-order valence-corrected chi connectivity index (χ1v) is 13.9. The number of carbonyl (C=O) groups is 1. The van der Waals surface area contributed by atoms with Crippen LogP contribution in [0.3, 0.4) is 0 Å². The van der Waals surface area contributed by atoms with Gasteiger partial charge in [-0.25, -0.2) is 0 Å². The van der Waals surface area contributed by atoms with Crippen LogP contribution in [0.2, 0.25) is 5.02 Å². The smallest absolute Gasteiger partial charge is 0.227 e. The Hall–Kier alpha value is -2.70. The van der Waals surface area contributed by atoms with Crippen molar-refractivity contribution in [3.63, 3.8) is 0 Å². The molecule has 1 saturated heterocycles. The highest BCUT2D eigenvalue weighted by Gasteiger charge is 2.30. The molecule has 1 aromatic heterocycles. The van der Waals surface area contributed by atoms with Crippen LogP contribution in [0.4, 0.5) is 0 Å². The molecule has 2 aliphatic heterocycles. The number of amides is 1. The minimum absolute atomic E-state index is 0.00152. The van der Waals surface area contributed by atoms with Gasteiger partial charge in [0.05, 0.1) is 24.2 Å². The minimum atomic E-state index is -0.00152. The fourth-order valence-electron chi connectivity index (χ4n) is 5.67. The summed E-state index contributed by atoms with van der Waals surface area (Å²) >= 11 is 6.56. The van der Waals surface area contributed by atoms with Crippen LogP contribution in [0.5, 0.6) is 11.5 Å². The summed E-state index contributed by atoms with van der Waals surface area (Å²) in [6, 6.07) is 12.6. The number of halogens is 1. The van der Waals surface area contributed by atoms with E-state index in [1.807, 2.05) is 17.0 Å². The summed E-state index contributed by atoms with van der Waals surface area (Å²) in [6.45, 7) is 9.44. The van der Waals surface area contributed by atoms with E-state index in [0.717, 1.165) is 44.5 Å². The van der Waals surface area contributed by atoms with Gasteiger partial charge >= 0.3 is 0 Å². The molecule has 1 fully saturated rings. The van der Waals surface area contributed by atoms with Gasteiger partial charge in [-0.15, -0.1) is 0 Å². The van der Waals surface area contributed by atoms with Crippen molar-refractivity contribution < 1.29 is 14.3 Å². The molecule has 3 aromatic rings. The minimum Gasteiger partial charge on any atom is -0.489 e. The van der Waals surface area contributed by atoms with Gasteiger partial charge in [0.2, 0.25) is 5.91 Å². The number of fused-ring (bicyclic) bond motifs is 2. The summed E-state index contributed by atoms with van der Waals surface area (Å²) in [5.41, 5.74) is 3.55. The van der Waals surface area contributed by atoms with E-state index >= 15 is 0 Å². The lowest BCUT2D eigenvalue weighted by molar-refractivity contribution is -0.138. The quantitative estimate of drug-likeness (QED) is 0.387. The second-order valence-electron chi connectivity index (χ2n) is 10.9. The zero-order chi connectivity index (χ0) is 25.9. The lowest BCUT2D eigenvalue weighted by atomic mass is 9.95. The number of hydrogen-bond acceptors (Lipinski definition) is 4. The highest BCUT2D eigenvalue weighted by Crippen LogP contribution is 2.38. The average molecular weight is 524 g/mol. The van der Waals surface area contributed by atoms with Crippen molar-refractivity contribution in [3.8, 4) is 11.5 Å². The van der Waals surface area contributed by atoms with Gasteiger partial charge in [0.25, 0.3) is 0 Å². The summed E-state index contributed by atoms with van der Waals surface area (Å²) in [6.07, 6.45) is 4.91. The molecular weight excluding hydrogens is 486 g/mol. The molecule has 7 heteroatoms. The van der Waals surface area contributed by atoms with Crippen LogP contribution in [0.1, 0.15) is 44.2 Å². The van der Waals surface area contributed by atoms with Gasteiger partial charge in [-0.1, -0.05) is 37.6 Å². The van der Waals surface area contributed by atoms with Crippen LogP contribution < -0.4 is 9.47 Å². The van der Waals surface area contributed by atoms with Gasteiger partial charge in [-0.05, 0) is 60.7 Å². The van der Waals surface area contributed by atoms with Crippen LogP contribution >= 0.6 is 11.6 Å². The average Bonchev–Trinajstić information content (AvgIpc) is 3.09. The third-order valence-electron chi connectivity index (χ3n) is 7.40. The van der Waals surface area contributed by atoms with E-state index in [1.165, 1.54) is 16.5 Å². The Morgan fingerprint density at radius 3 is 2.84 bits per heavy atom. The number of hydrogen-bond donors (Lipinski definition) is 0. The summed E-state index contributed by atoms with van der Waals surface area (Å²) in [7, 11) is 2.08. The Morgan fingerprint density at radius 2 is 2.00 bits per heavy atom.